The zero-order valence-electron chi connectivity index (χ0n) is 10.9. The minimum absolute atomic E-state index is 0.132. The number of rotatable bonds is 7. The Balaban J connectivity index is 1.93. The Morgan fingerprint density at radius 3 is 2.79 bits per heavy atom. The standard InChI is InChI=1S/C14H18ClNO3/c1-19-7-6-14(4-5-14)9-16-10-2-3-11(13(17)18)12(15)8-10/h2-3,8,16H,4-7,9H2,1H3,(H,17,18). The van der Waals surface area contributed by atoms with Gasteiger partial charge in [0.2, 0.25) is 0 Å². The summed E-state index contributed by atoms with van der Waals surface area (Å²) in [7, 11) is 1.72. The molecule has 4 nitrogen and oxygen atoms in total. The van der Waals surface area contributed by atoms with E-state index < -0.39 is 5.97 Å². The highest BCUT2D eigenvalue weighted by Crippen LogP contribution is 2.48. The van der Waals surface area contributed by atoms with E-state index in [1.165, 1.54) is 18.9 Å². The van der Waals surface area contributed by atoms with Crippen molar-refractivity contribution in [1.29, 1.82) is 0 Å². The third kappa shape index (κ3) is 3.61. The quantitative estimate of drug-likeness (QED) is 0.806. The molecule has 0 aromatic heterocycles. The van der Waals surface area contributed by atoms with Crippen molar-refractivity contribution in [3.8, 4) is 0 Å². The highest BCUT2D eigenvalue weighted by Gasteiger charge is 2.41. The molecule has 1 aliphatic rings. The van der Waals surface area contributed by atoms with Gasteiger partial charge in [-0.1, -0.05) is 11.6 Å². The SMILES string of the molecule is COCCC1(CNc2ccc(C(=O)O)c(Cl)c2)CC1. The summed E-state index contributed by atoms with van der Waals surface area (Å²) in [6, 6.07) is 4.95. The number of halogens is 1. The summed E-state index contributed by atoms with van der Waals surface area (Å²) in [5.74, 6) is -1.00. The number of carboxylic acid groups (broad SMARTS) is 1. The molecule has 0 atom stereocenters. The van der Waals surface area contributed by atoms with Crippen molar-refractivity contribution in [2.75, 3.05) is 25.6 Å². The van der Waals surface area contributed by atoms with E-state index in [1.54, 1.807) is 19.2 Å². The van der Waals surface area contributed by atoms with E-state index in [0.29, 0.717) is 5.41 Å². The smallest absolute Gasteiger partial charge is 0.337 e. The zero-order chi connectivity index (χ0) is 13.9. The number of benzene rings is 1. The van der Waals surface area contributed by atoms with E-state index in [1.807, 2.05) is 0 Å². The second-order valence-electron chi connectivity index (χ2n) is 5.10. The Hall–Kier alpha value is -1.26. The average Bonchev–Trinajstić information content (AvgIpc) is 3.14. The normalized spacial score (nSPS) is 16.1. The molecule has 0 aliphatic heterocycles. The van der Waals surface area contributed by atoms with Crippen LogP contribution in [0.1, 0.15) is 29.6 Å². The van der Waals surface area contributed by atoms with Crippen molar-refractivity contribution in [2.45, 2.75) is 19.3 Å². The number of nitrogens with one attached hydrogen (secondary N) is 1. The molecule has 2 N–H and O–H groups in total. The third-order valence-corrected chi connectivity index (χ3v) is 3.97. The molecule has 1 aliphatic carbocycles. The monoisotopic (exact) mass is 283 g/mol. The van der Waals surface area contributed by atoms with Crippen LogP contribution >= 0.6 is 11.6 Å². The number of carboxylic acids is 1. The summed E-state index contributed by atoms with van der Waals surface area (Å²) in [5, 5.41) is 12.5. The van der Waals surface area contributed by atoms with Gasteiger partial charge in [-0.25, -0.2) is 4.79 Å². The molecule has 0 bridgehead atoms. The molecule has 0 radical (unpaired) electrons. The van der Waals surface area contributed by atoms with Crippen LogP contribution in [0.2, 0.25) is 5.02 Å². The summed E-state index contributed by atoms with van der Waals surface area (Å²) in [5.41, 5.74) is 1.33. The van der Waals surface area contributed by atoms with Crippen LogP contribution in [0, 0.1) is 5.41 Å². The molecular weight excluding hydrogens is 266 g/mol. The van der Waals surface area contributed by atoms with Crippen LogP contribution in [-0.4, -0.2) is 31.3 Å². The summed E-state index contributed by atoms with van der Waals surface area (Å²) in [6.07, 6.45) is 3.48. The van der Waals surface area contributed by atoms with E-state index in [9.17, 15) is 4.79 Å². The van der Waals surface area contributed by atoms with Gasteiger partial charge in [0.05, 0.1) is 10.6 Å². The van der Waals surface area contributed by atoms with Crippen molar-refractivity contribution in [1.82, 2.24) is 0 Å². The van der Waals surface area contributed by atoms with Gasteiger partial charge in [0.25, 0.3) is 0 Å². The topological polar surface area (TPSA) is 58.6 Å². The fourth-order valence-corrected chi connectivity index (χ4v) is 2.36. The third-order valence-electron chi connectivity index (χ3n) is 3.66. The molecule has 0 spiro atoms. The maximum atomic E-state index is 10.9. The van der Waals surface area contributed by atoms with Gasteiger partial charge < -0.3 is 15.2 Å². The van der Waals surface area contributed by atoms with Gasteiger partial charge >= 0.3 is 5.97 Å². The molecule has 1 saturated carbocycles. The zero-order valence-corrected chi connectivity index (χ0v) is 11.7. The van der Waals surface area contributed by atoms with Crippen molar-refractivity contribution >= 4 is 23.3 Å². The second kappa shape index (κ2) is 5.80. The van der Waals surface area contributed by atoms with Gasteiger partial charge in [0.15, 0.2) is 0 Å². The number of hydrogen-bond acceptors (Lipinski definition) is 3. The number of anilines is 1. The fraction of sp³-hybridized carbons (Fsp3) is 0.500. The van der Waals surface area contributed by atoms with Crippen LogP contribution in [0.25, 0.3) is 0 Å². The predicted octanol–water partition coefficient (Wildman–Crippen LogP) is 3.27. The molecule has 0 unspecified atom stereocenters. The summed E-state index contributed by atoms with van der Waals surface area (Å²) in [4.78, 5) is 10.9. The first kappa shape index (κ1) is 14.2. The molecular formula is C14H18ClNO3. The summed E-state index contributed by atoms with van der Waals surface area (Å²) >= 11 is 5.93. The Morgan fingerprint density at radius 1 is 1.53 bits per heavy atom. The molecule has 0 heterocycles. The summed E-state index contributed by atoms with van der Waals surface area (Å²) in [6.45, 7) is 1.65. The van der Waals surface area contributed by atoms with Gasteiger partial charge in [-0.15, -0.1) is 0 Å². The number of hydrogen-bond donors (Lipinski definition) is 2. The van der Waals surface area contributed by atoms with E-state index in [2.05, 4.69) is 5.32 Å². The maximum Gasteiger partial charge on any atom is 0.337 e. The molecule has 1 aromatic rings. The first-order chi connectivity index (χ1) is 9.06. The maximum absolute atomic E-state index is 10.9. The van der Waals surface area contributed by atoms with Crippen LogP contribution < -0.4 is 5.32 Å². The lowest BCUT2D eigenvalue weighted by atomic mass is 10.0. The second-order valence-corrected chi connectivity index (χ2v) is 5.50. The van der Waals surface area contributed by atoms with Crippen LogP contribution in [-0.2, 0) is 4.74 Å². The van der Waals surface area contributed by atoms with Crippen molar-refractivity contribution in [3.05, 3.63) is 28.8 Å². The first-order valence-electron chi connectivity index (χ1n) is 6.32. The predicted molar refractivity (Wildman–Crippen MR) is 75.1 cm³/mol. The number of aromatic carboxylic acids is 1. The number of methoxy groups -OCH3 is 1. The highest BCUT2D eigenvalue weighted by atomic mass is 35.5. The minimum atomic E-state index is -1.00. The van der Waals surface area contributed by atoms with Crippen LogP contribution in [0.15, 0.2) is 18.2 Å². The van der Waals surface area contributed by atoms with Crippen molar-refractivity contribution in [3.63, 3.8) is 0 Å². The molecule has 0 amide bonds. The lowest BCUT2D eigenvalue weighted by Crippen LogP contribution is -2.17. The van der Waals surface area contributed by atoms with Gasteiger partial charge in [0.1, 0.15) is 0 Å². The lowest BCUT2D eigenvalue weighted by molar-refractivity contribution is 0.0697. The van der Waals surface area contributed by atoms with Crippen molar-refractivity contribution < 1.29 is 14.6 Å². The molecule has 0 saturated heterocycles. The largest absolute Gasteiger partial charge is 0.478 e. The number of ether oxygens (including phenoxy) is 1. The van der Waals surface area contributed by atoms with Crippen LogP contribution in [0.5, 0.6) is 0 Å². The lowest BCUT2D eigenvalue weighted by Gasteiger charge is -2.16. The molecule has 1 aromatic carbocycles. The van der Waals surface area contributed by atoms with E-state index >= 15 is 0 Å². The highest BCUT2D eigenvalue weighted by molar-refractivity contribution is 6.33. The summed E-state index contributed by atoms with van der Waals surface area (Å²) < 4.78 is 5.12. The molecule has 2 rings (SSSR count). The van der Waals surface area contributed by atoms with Gasteiger partial charge in [-0.3, -0.25) is 0 Å². The Labute approximate surface area is 117 Å². The Kier molecular flexibility index (Phi) is 4.32. The molecule has 1 fully saturated rings. The van der Waals surface area contributed by atoms with Crippen molar-refractivity contribution in [2.24, 2.45) is 5.41 Å². The van der Waals surface area contributed by atoms with E-state index in [4.69, 9.17) is 21.4 Å². The van der Waals surface area contributed by atoms with E-state index in [0.717, 1.165) is 25.3 Å². The van der Waals surface area contributed by atoms with Gasteiger partial charge in [-0.05, 0) is 42.9 Å². The van der Waals surface area contributed by atoms with E-state index in [-0.39, 0.29) is 10.6 Å². The molecule has 104 valence electrons. The average molecular weight is 284 g/mol. The number of carbonyl (C=O) groups is 1. The van der Waals surface area contributed by atoms with Crippen LogP contribution in [0.3, 0.4) is 0 Å². The Morgan fingerprint density at radius 2 is 2.26 bits per heavy atom. The first-order valence-corrected chi connectivity index (χ1v) is 6.70. The van der Waals surface area contributed by atoms with Gasteiger partial charge in [0, 0.05) is 25.9 Å². The Bertz CT molecular complexity index is 472. The van der Waals surface area contributed by atoms with Gasteiger partial charge in [-0.2, -0.15) is 0 Å². The van der Waals surface area contributed by atoms with Crippen LogP contribution in [0.4, 0.5) is 5.69 Å². The molecule has 5 heteroatoms. The fourth-order valence-electron chi connectivity index (χ4n) is 2.10. The molecule has 19 heavy (non-hydrogen) atoms. The minimum Gasteiger partial charge on any atom is -0.478 e.